The van der Waals surface area contributed by atoms with Crippen molar-refractivity contribution >= 4 is 22.2 Å². The maximum absolute atomic E-state index is 5.62. The molecule has 4 aromatic rings. The zero-order valence-corrected chi connectivity index (χ0v) is 15.3. The van der Waals surface area contributed by atoms with E-state index in [2.05, 4.69) is 9.97 Å². The van der Waals surface area contributed by atoms with Crippen molar-refractivity contribution in [1.29, 1.82) is 0 Å². The number of hydrogen-bond acceptors (Lipinski definition) is 4. The predicted molar refractivity (Wildman–Crippen MR) is 101 cm³/mol. The summed E-state index contributed by atoms with van der Waals surface area (Å²) in [7, 11) is 0. The summed E-state index contributed by atoms with van der Waals surface area (Å²) in [5, 5.41) is 0. The van der Waals surface area contributed by atoms with Gasteiger partial charge in [0.05, 0.1) is 0 Å². The molecule has 0 aliphatic rings. The van der Waals surface area contributed by atoms with Crippen LogP contribution >= 0.6 is 0 Å². The largest absolute Gasteiger partial charge is 0.432 e. The predicted octanol–water partition coefficient (Wildman–Crippen LogP) is 6.71. The van der Waals surface area contributed by atoms with Gasteiger partial charge in [-0.15, -0.1) is 0 Å². The van der Waals surface area contributed by atoms with Gasteiger partial charge in [0.15, 0.2) is 11.2 Å². The van der Waals surface area contributed by atoms with Crippen molar-refractivity contribution in [3.05, 3.63) is 48.5 Å². The van der Waals surface area contributed by atoms with Crippen molar-refractivity contribution in [2.45, 2.75) is 41.5 Å². The number of oxazole rings is 2. The molecule has 0 fully saturated rings. The molecule has 2 aromatic heterocycles. The first-order chi connectivity index (χ1) is 11.9. The normalized spacial score (nSPS) is 9.25. The number of fused-ring (bicyclic) bond motifs is 2. The van der Waals surface area contributed by atoms with E-state index < -0.39 is 0 Å². The summed E-state index contributed by atoms with van der Waals surface area (Å²) < 4.78 is 11.2. The minimum absolute atomic E-state index is 0.410. The summed E-state index contributed by atoms with van der Waals surface area (Å²) in [5.74, 6) is 0.819. The Labute approximate surface area is 143 Å². The van der Waals surface area contributed by atoms with Gasteiger partial charge in [-0.1, -0.05) is 65.8 Å². The van der Waals surface area contributed by atoms with E-state index in [1.807, 2.05) is 90.1 Å². The van der Waals surface area contributed by atoms with E-state index in [4.69, 9.17) is 8.83 Å². The molecule has 2 heterocycles. The first-order valence-electron chi connectivity index (χ1n) is 8.62. The molecule has 0 amide bonds. The molecular formula is C20H26N2O2. The van der Waals surface area contributed by atoms with Gasteiger partial charge in [-0.3, -0.25) is 0 Å². The zero-order valence-electron chi connectivity index (χ0n) is 15.3. The maximum Gasteiger partial charge on any atom is 0.284 e. The topological polar surface area (TPSA) is 52.1 Å². The van der Waals surface area contributed by atoms with Crippen LogP contribution in [0.15, 0.2) is 57.4 Å². The van der Waals surface area contributed by atoms with E-state index in [9.17, 15) is 0 Å². The van der Waals surface area contributed by atoms with Crippen LogP contribution in [0.25, 0.3) is 34.0 Å². The number of benzene rings is 2. The van der Waals surface area contributed by atoms with Gasteiger partial charge in [0.25, 0.3) is 11.8 Å². The Bertz CT molecular complexity index is 709. The highest BCUT2D eigenvalue weighted by molar-refractivity contribution is 5.77. The molecular weight excluding hydrogens is 300 g/mol. The quantitative estimate of drug-likeness (QED) is 0.390. The van der Waals surface area contributed by atoms with E-state index in [-0.39, 0.29) is 0 Å². The third-order valence-electron chi connectivity index (χ3n) is 2.77. The zero-order chi connectivity index (χ0) is 17.9. The Morgan fingerprint density at radius 2 is 0.875 bits per heavy atom. The molecule has 0 radical (unpaired) electrons. The van der Waals surface area contributed by atoms with Gasteiger partial charge in [0, 0.05) is 0 Å². The SMILES string of the molecule is CC.CC.CC.c1ccc2oc(-c3nc4ccccc4o3)nc2c1. The van der Waals surface area contributed by atoms with Crippen LogP contribution in [-0.4, -0.2) is 9.97 Å². The minimum Gasteiger partial charge on any atom is -0.432 e. The maximum atomic E-state index is 5.62. The fourth-order valence-electron chi connectivity index (χ4n) is 1.93. The number of aromatic nitrogens is 2. The Hall–Kier alpha value is -2.62. The Balaban J connectivity index is 0.000000436. The van der Waals surface area contributed by atoms with E-state index >= 15 is 0 Å². The highest BCUT2D eigenvalue weighted by Gasteiger charge is 2.14. The number of nitrogens with zero attached hydrogens (tertiary/aromatic N) is 2. The van der Waals surface area contributed by atoms with Crippen molar-refractivity contribution in [1.82, 2.24) is 9.97 Å². The molecule has 128 valence electrons. The van der Waals surface area contributed by atoms with Gasteiger partial charge in [-0.05, 0) is 24.3 Å². The van der Waals surface area contributed by atoms with E-state index in [0.29, 0.717) is 11.8 Å². The molecule has 4 rings (SSSR count). The molecule has 0 N–H and O–H groups in total. The van der Waals surface area contributed by atoms with Gasteiger partial charge >= 0.3 is 0 Å². The molecule has 0 spiro atoms. The van der Waals surface area contributed by atoms with Crippen LogP contribution in [0, 0.1) is 0 Å². The fourth-order valence-corrected chi connectivity index (χ4v) is 1.93. The summed E-state index contributed by atoms with van der Waals surface area (Å²) in [5.41, 5.74) is 3.06. The molecule has 0 unspecified atom stereocenters. The van der Waals surface area contributed by atoms with Crippen LogP contribution in [0.5, 0.6) is 0 Å². The lowest BCUT2D eigenvalue weighted by molar-refractivity contribution is 0.550. The Morgan fingerprint density at radius 3 is 1.21 bits per heavy atom. The van der Waals surface area contributed by atoms with Gasteiger partial charge in [-0.2, -0.15) is 0 Å². The van der Waals surface area contributed by atoms with Crippen molar-refractivity contribution in [2.24, 2.45) is 0 Å². The van der Waals surface area contributed by atoms with Crippen molar-refractivity contribution in [2.75, 3.05) is 0 Å². The molecule has 0 bridgehead atoms. The van der Waals surface area contributed by atoms with Crippen LogP contribution < -0.4 is 0 Å². The standard InChI is InChI=1S/C14H8N2O2.3C2H6/c1-3-7-11-9(5-1)15-13(17-11)14-16-10-6-2-4-8-12(10)18-14;3*1-2/h1-8H;3*1-2H3. The average Bonchev–Trinajstić information content (AvgIpc) is 3.30. The molecule has 0 aliphatic carbocycles. The molecule has 0 aliphatic heterocycles. The van der Waals surface area contributed by atoms with Crippen LogP contribution in [0.1, 0.15) is 41.5 Å². The molecule has 4 nitrogen and oxygen atoms in total. The first kappa shape index (κ1) is 19.4. The lowest BCUT2D eigenvalue weighted by Gasteiger charge is -1.83. The van der Waals surface area contributed by atoms with Crippen molar-refractivity contribution in [3.63, 3.8) is 0 Å². The summed E-state index contributed by atoms with van der Waals surface area (Å²) in [6.07, 6.45) is 0. The Morgan fingerprint density at radius 1 is 0.542 bits per heavy atom. The second-order valence-corrected chi connectivity index (χ2v) is 3.97. The molecule has 0 saturated carbocycles. The third-order valence-corrected chi connectivity index (χ3v) is 2.77. The van der Waals surface area contributed by atoms with E-state index in [1.165, 1.54) is 0 Å². The van der Waals surface area contributed by atoms with E-state index in [1.54, 1.807) is 0 Å². The average molecular weight is 326 g/mol. The second-order valence-electron chi connectivity index (χ2n) is 3.97. The number of rotatable bonds is 1. The van der Waals surface area contributed by atoms with Crippen LogP contribution in [0.3, 0.4) is 0 Å². The smallest absolute Gasteiger partial charge is 0.284 e. The van der Waals surface area contributed by atoms with Gasteiger partial charge in [0.2, 0.25) is 0 Å². The lowest BCUT2D eigenvalue weighted by Crippen LogP contribution is -1.74. The second kappa shape index (κ2) is 10.2. The molecule has 0 atom stereocenters. The van der Waals surface area contributed by atoms with Gasteiger partial charge in [0.1, 0.15) is 11.0 Å². The third kappa shape index (κ3) is 4.22. The molecule has 24 heavy (non-hydrogen) atoms. The van der Waals surface area contributed by atoms with Crippen LogP contribution in [0.2, 0.25) is 0 Å². The number of hydrogen-bond donors (Lipinski definition) is 0. The highest BCUT2D eigenvalue weighted by atomic mass is 16.4. The van der Waals surface area contributed by atoms with Crippen LogP contribution in [-0.2, 0) is 0 Å². The monoisotopic (exact) mass is 326 g/mol. The minimum atomic E-state index is 0.410. The van der Waals surface area contributed by atoms with Gasteiger partial charge < -0.3 is 8.83 Å². The summed E-state index contributed by atoms with van der Waals surface area (Å²) in [4.78, 5) is 8.71. The lowest BCUT2D eigenvalue weighted by atomic mass is 10.3. The Kier molecular flexibility index (Phi) is 8.26. The summed E-state index contributed by atoms with van der Waals surface area (Å²) in [6, 6.07) is 15.2. The van der Waals surface area contributed by atoms with Crippen molar-refractivity contribution < 1.29 is 8.83 Å². The van der Waals surface area contributed by atoms with Gasteiger partial charge in [-0.25, -0.2) is 9.97 Å². The molecule has 2 aromatic carbocycles. The highest BCUT2D eigenvalue weighted by Crippen LogP contribution is 2.26. The molecule has 0 saturated heterocycles. The van der Waals surface area contributed by atoms with Crippen molar-refractivity contribution in [3.8, 4) is 11.8 Å². The van der Waals surface area contributed by atoms with E-state index in [0.717, 1.165) is 22.2 Å². The molecule has 4 heteroatoms. The van der Waals surface area contributed by atoms with Crippen LogP contribution in [0.4, 0.5) is 0 Å². The first-order valence-corrected chi connectivity index (χ1v) is 8.62. The summed E-state index contributed by atoms with van der Waals surface area (Å²) in [6.45, 7) is 12.0. The fraction of sp³-hybridized carbons (Fsp3) is 0.300. The summed E-state index contributed by atoms with van der Waals surface area (Å²) >= 11 is 0. The number of para-hydroxylation sites is 4.